The Balaban J connectivity index is 2.57. The second kappa shape index (κ2) is 8.14. The molecule has 0 spiro atoms. The molecule has 7 nitrogen and oxygen atoms in total. The highest BCUT2D eigenvalue weighted by Crippen LogP contribution is 2.17. The first kappa shape index (κ1) is 20.0. The van der Waals surface area contributed by atoms with E-state index in [4.69, 9.17) is 9.84 Å². The molecule has 0 radical (unpaired) electrons. The molecule has 0 bridgehead atoms. The average Bonchev–Trinajstić information content (AvgIpc) is 2.49. The van der Waals surface area contributed by atoms with Crippen LogP contribution in [0.5, 0.6) is 0 Å². The van der Waals surface area contributed by atoms with Crippen molar-refractivity contribution in [3.8, 4) is 0 Å². The van der Waals surface area contributed by atoms with Crippen molar-refractivity contribution in [2.75, 3.05) is 5.75 Å². The molecule has 0 aliphatic rings. The summed E-state index contributed by atoms with van der Waals surface area (Å²) in [6, 6.07) is 7.59. The molecule has 1 amide bonds. The van der Waals surface area contributed by atoms with Crippen LogP contribution in [0, 0.1) is 0 Å². The maximum atomic E-state index is 12.0. The van der Waals surface area contributed by atoms with Gasteiger partial charge >= 0.3 is 12.1 Å². The number of carbonyl (C=O) groups excluding carboxylic acids is 1. The summed E-state index contributed by atoms with van der Waals surface area (Å²) in [5.74, 6) is -1.65. The van der Waals surface area contributed by atoms with Gasteiger partial charge in [0.05, 0.1) is 10.5 Å². The third kappa shape index (κ3) is 6.19. The zero-order valence-electron chi connectivity index (χ0n) is 14.0. The molecule has 1 aromatic rings. The maximum absolute atomic E-state index is 12.0. The standard InChI is InChI=1S/C16H23NO6S/c1-16(2,3)24(21,22)10-9-13(14(18)19)17-15(20)23-11-12-7-5-4-6-8-12/h4-8,13H,9-11H2,1-3H3,(H,17,20)(H,18,19). The van der Waals surface area contributed by atoms with E-state index in [0.29, 0.717) is 0 Å². The number of ether oxygens (including phenoxy) is 1. The molecule has 0 saturated carbocycles. The van der Waals surface area contributed by atoms with E-state index in [1.807, 2.05) is 6.07 Å². The monoisotopic (exact) mass is 357 g/mol. The van der Waals surface area contributed by atoms with Gasteiger partial charge in [-0.15, -0.1) is 0 Å². The first-order valence-electron chi connectivity index (χ1n) is 7.45. The lowest BCUT2D eigenvalue weighted by Crippen LogP contribution is -2.43. The minimum atomic E-state index is -3.47. The van der Waals surface area contributed by atoms with E-state index >= 15 is 0 Å². The summed E-state index contributed by atoms with van der Waals surface area (Å²) in [5.41, 5.74) is 0.759. The molecule has 24 heavy (non-hydrogen) atoms. The molecular weight excluding hydrogens is 334 g/mol. The average molecular weight is 357 g/mol. The molecule has 1 unspecified atom stereocenters. The lowest BCUT2D eigenvalue weighted by molar-refractivity contribution is -0.139. The molecule has 2 N–H and O–H groups in total. The highest BCUT2D eigenvalue weighted by atomic mass is 32.2. The number of carboxylic acids is 1. The molecule has 134 valence electrons. The molecule has 0 fully saturated rings. The van der Waals surface area contributed by atoms with Crippen LogP contribution in [-0.2, 0) is 26.0 Å². The van der Waals surface area contributed by atoms with Crippen molar-refractivity contribution in [1.29, 1.82) is 0 Å². The van der Waals surface area contributed by atoms with Gasteiger partial charge in [0.2, 0.25) is 0 Å². The van der Waals surface area contributed by atoms with E-state index in [2.05, 4.69) is 5.32 Å². The number of hydrogen-bond donors (Lipinski definition) is 2. The minimum Gasteiger partial charge on any atom is -0.480 e. The van der Waals surface area contributed by atoms with Gasteiger partial charge in [0, 0.05) is 0 Å². The number of rotatable bonds is 7. The summed E-state index contributed by atoms with van der Waals surface area (Å²) in [5, 5.41) is 11.3. The summed E-state index contributed by atoms with van der Waals surface area (Å²) in [6.45, 7) is 4.62. The molecular formula is C16H23NO6S. The van der Waals surface area contributed by atoms with Crippen LogP contribution in [-0.4, -0.2) is 42.1 Å². The highest BCUT2D eigenvalue weighted by molar-refractivity contribution is 7.92. The van der Waals surface area contributed by atoms with Gasteiger partial charge in [0.25, 0.3) is 0 Å². The number of sulfone groups is 1. The molecule has 1 atom stereocenters. The number of carbonyl (C=O) groups is 2. The third-order valence-corrected chi connectivity index (χ3v) is 6.05. The quantitative estimate of drug-likeness (QED) is 0.772. The topological polar surface area (TPSA) is 110 Å². The summed E-state index contributed by atoms with van der Waals surface area (Å²) in [6.07, 6.45) is -1.13. The lowest BCUT2D eigenvalue weighted by atomic mass is 10.2. The molecule has 8 heteroatoms. The van der Waals surface area contributed by atoms with Gasteiger partial charge in [-0.25, -0.2) is 18.0 Å². The van der Waals surface area contributed by atoms with Crippen LogP contribution in [0.25, 0.3) is 0 Å². The fraction of sp³-hybridized carbons (Fsp3) is 0.500. The molecule has 1 aromatic carbocycles. The Morgan fingerprint density at radius 3 is 2.29 bits per heavy atom. The predicted molar refractivity (Wildman–Crippen MR) is 89.3 cm³/mol. The number of alkyl carbamates (subject to hydrolysis) is 1. The first-order chi connectivity index (χ1) is 11.0. The van der Waals surface area contributed by atoms with Crippen LogP contribution in [0.3, 0.4) is 0 Å². The Hall–Kier alpha value is -2.09. The van der Waals surface area contributed by atoms with Crippen molar-refractivity contribution in [3.63, 3.8) is 0 Å². The SMILES string of the molecule is CC(C)(C)S(=O)(=O)CCC(NC(=O)OCc1ccccc1)C(=O)O. The smallest absolute Gasteiger partial charge is 0.408 e. The van der Waals surface area contributed by atoms with Gasteiger partial charge in [-0.05, 0) is 32.8 Å². The molecule has 0 saturated heterocycles. The van der Waals surface area contributed by atoms with Crippen LogP contribution in [0.1, 0.15) is 32.8 Å². The van der Waals surface area contributed by atoms with Crippen molar-refractivity contribution in [1.82, 2.24) is 5.32 Å². The zero-order chi connectivity index (χ0) is 18.4. The van der Waals surface area contributed by atoms with Gasteiger partial charge < -0.3 is 15.2 Å². The number of aliphatic carboxylic acids is 1. The third-order valence-electron chi connectivity index (χ3n) is 3.41. The fourth-order valence-corrected chi connectivity index (χ4v) is 2.90. The Morgan fingerprint density at radius 1 is 1.21 bits per heavy atom. The summed E-state index contributed by atoms with van der Waals surface area (Å²) in [7, 11) is -3.47. The number of nitrogens with one attached hydrogen (secondary N) is 1. The minimum absolute atomic E-state index is 0.000692. The van der Waals surface area contributed by atoms with Gasteiger partial charge in [0.15, 0.2) is 9.84 Å². The summed E-state index contributed by atoms with van der Waals surface area (Å²) < 4.78 is 28.0. The lowest BCUT2D eigenvalue weighted by Gasteiger charge is -2.21. The normalized spacial score (nSPS) is 13.1. The molecule has 0 aromatic heterocycles. The van der Waals surface area contributed by atoms with Gasteiger partial charge in [-0.3, -0.25) is 0 Å². The second-order valence-electron chi connectivity index (χ2n) is 6.32. The Labute approximate surface area is 141 Å². The van der Waals surface area contributed by atoms with Crippen molar-refractivity contribution in [2.24, 2.45) is 0 Å². The van der Waals surface area contributed by atoms with Gasteiger partial charge in [0.1, 0.15) is 12.6 Å². The highest BCUT2D eigenvalue weighted by Gasteiger charge is 2.31. The van der Waals surface area contributed by atoms with Crippen molar-refractivity contribution < 1.29 is 27.9 Å². The first-order valence-corrected chi connectivity index (χ1v) is 9.10. The van der Waals surface area contributed by atoms with Gasteiger partial charge in [-0.2, -0.15) is 0 Å². The van der Waals surface area contributed by atoms with Crippen molar-refractivity contribution in [2.45, 2.75) is 44.6 Å². The summed E-state index contributed by atoms with van der Waals surface area (Å²) >= 11 is 0. The van der Waals surface area contributed by atoms with E-state index in [1.54, 1.807) is 45.0 Å². The molecule has 0 aliphatic carbocycles. The molecule has 1 rings (SSSR count). The number of amides is 1. The van der Waals surface area contributed by atoms with E-state index < -0.39 is 32.7 Å². The van der Waals surface area contributed by atoms with Gasteiger partial charge in [-0.1, -0.05) is 30.3 Å². The Kier molecular flexibility index (Phi) is 6.77. The van der Waals surface area contributed by atoms with E-state index in [9.17, 15) is 18.0 Å². The van der Waals surface area contributed by atoms with Crippen molar-refractivity contribution in [3.05, 3.63) is 35.9 Å². The predicted octanol–water partition coefficient (Wildman–Crippen LogP) is 1.97. The van der Waals surface area contributed by atoms with Crippen LogP contribution < -0.4 is 5.32 Å². The van der Waals surface area contributed by atoms with Crippen molar-refractivity contribution >= 4 is 21.9 Å². The maximum Gasteiger partial charge on any atom is 0.408 e. The number of benzene rings is 1. The Morgan fingerprint density at radius 2 is 1.79 bits per heavy atom. The van der Waals surface area contributed by atoms with E-state index in [1.165, 1.54) is 0 Å². The number of hydrogen-bond acceptors (Lipinski definition) is 5. The molecule has 0 aliphatic heterocycles. The van der Waals surface area contributed by atoms with E-state index in [-0.39, 0.29) is 18.8 Å². The number of carboxylic acid groups (broad SMARTS) is 1. The molecule has 0 heterocycles. The zero-order valence-corrected chi connectivity index (χ0v) is 14.8. The van der Waals surface area contributed by atoms with E-state index in [0.717, 1.165) is 5.56 Å². The second-order valence-corrected chi connectivity index (χ2v) is 9.18. The van der Waals surface area contributed by atoms with Crippen LogP contribution in [0.15, 0.2) is 30.3 Å². The van der Waals surface area contributed by atoms with Crippen LogP contribution >= 0.6 is 0 Å². The summed E-state index contributed by atoms with van der Waals surface area (Å²) in [4.78, 5) is 22.9. The van der Waals surface area contributed by atoms with Crippen LogP contribution in [0.4, 0.5) is 4.79 Å². The fourth-order valence-electron chi connectivity index (χ4n) is 1.74. The van der Waals surface area contributed by atoms with Crippen LogP contribution in [0.2, 0.25) is 0 Å². The Bertz CT molecular complexity index is 664. The largest absolute Gasteiger partial charge is 0.480 e.